The molecule has 24 heavy (non-hydrogen) atoms. The number of thioether (sulfide) groups is 1. The molecule has 0 aliphatic carbocycles. The third kappa shape index (κ3) is 7.05. The largest absolute Gasteiger partial charge is 0.357 e. The van der Waals surface area contributed by atoms with Crippen molar-refractivity contribution >= 4 is 47.3 Å². The maximum atomic E-state index is 4.80. The van der Waals surface area contributed by atoms with Gasteiger partial charge in [0.05, 0.1) is 0 Å². The van der Waals surface area contributed by atoms with Gasteiger partial charge in [-0.25, -0.2) is 0 Å². The molecule has 2 rings (SSSR count). The summed E-state index contributed by atoms with van der Waals surface area (Å²) in [4.78, 5) is 7.17. The predicted octanol–water partition coefficient (Wildman–Crippen LogP) is 4.50. The molecule has 1 aromatic rings. The van der Waals surface area contributed by atoms with E-state index in [2.05, 4.69) is 59.8 Å². The summed E-state index contributed by atoms with van der Waals surface area (Å²) in [6.45, 7) is 5.97. The Morgan fingerprint density at radius 2 is 2.04 bits per heavy atom. The number of aliphatic imine (C=N–C) groups is 1. The summed E-state index contributed by atoms with van der Waals surface area (Å²) < 4.78 is 0. The van der Waals surface area contributed by atoms with Crippen molar-refractivity contribution in [1.29, 1.82) is 0 Å². The molecular weight excluding hydrogens is 429 g/mol. The number of guanidine groups is 1. The van der Waals surface area contributed by atoms with E-state index >= 15 is 0 Å². The van der Waals surface area contributed by atoms with Gasteiger partial charge in [0.2, 0.25) is 0 Å². The van der Waals surface area contributed by atoms with Crippen LogP contribution in [0.2, 0.25) is 0 Å². The van der Waals surface area contributed by atoms with E-state index in [0.717, 1.165) is 38.6 Å². The van der Waals surface area contributed by atoms with Crippen molar-refractivity contribution in [3.63, 3.8) is 0 Å². The maximum Gasteiger partial charge on any atom is 0.194 e. The zero-order chi connectivity index (χ0) is 16.3. The van der Waals surface area contributed by atoms with E-state index in [1.54, 1.807) is 0 Å². The average molecular weight is 459 g/mol. The van der Waals surface area contributed by atoms with E-state index in [-0.39, 0.29) is 24.0 Å². The van der Waals surface area contributed by atoms with Crippen molar-refractivity contribution in [3.8, 4) is 0 Å². The number of nitrogens with one attached hydrogen (secondary N) is 1. The quantitative estimate of drug-likeness (QED) is 0.282. The Kier molecular flexibility index (Phi) is 11.2. The molecule has 5 heteroatoms. The van der Waals surface area contributed by atoms with Gasteiger partial charge in [0, 0.05) is 26.2 Å². The molecule has 0 unspecified atom stereocenters. The van der Waals surface area contributed by atoms with Gasteiger partial charge in [0.1, 0.15) is 0 Å². The van der Waals surface area contributed by atoms with Gasteiger partial charge in [-0.05, 0) is 49.3 Å². The van der Waals surface area contributed by atoms with Crippen LogP contribution in [-0.2, 0) is 0 Å². The van der Waals surface area contributed by atoms with Crippen LogP contribution in [-0.4, -0.2) is 49.0 Å². The van der Waals surface area contributed by atoms with Gasteiger partial charge >= 0.3 is 0 Å². The van der Waals surface area contributed by atoms with E-state index < -0.39 is 0 Å². The molecule has 0 aromatic heterocycles. The molecule has 0 saturated carbocycles. The third-order valence-electron chi connectivity index (χ3n) is 4.01. The minimum Gasteiger partial charge on any atom is -0.357 e. The van der Waals surface area contributed by atoms with Gasteiger partial charge in [-0.3, -0.25) is 4.99 Å². The molecule has 1 N–H and O–H groups in total. The van der Waals surface area contributed by atoms with Crippen LogP contribution in [0.15, 0.2) is 41.4 Å². The van der Waals surface area contributed by atoms with Crippen LogP contribution in [0.1, 0.15) is 31.7 Å². The Labute approximate surface area is 168 Å². The first kappa shape index (κ1) is 21.4. The maximum absolute atomic E-state index is 4.80. The van der Waals surface area contributed by atoms with E-state index in [9.17, 15) is 0 Å². The monoisotopic (exact) mass is 459 g/mol. The zero-order valence-electron chi connectivity index (χ0n) is 14.8. The summed E-state index contributed by atoms with van der Waals surface area (Å²) in [7, 11) is 0. The lowest BCUT2D eigenvalue weighted by molar-refractivity contribution is 0.439. The standard InChI is InChI=1S/C19H29N3S.HI/c1-3-20-19(21-13-7-8-16-23-2)22-14-11-18(12-15-22)17-9-5-4-6-10-17;/h4-6,9-11H,3,7-8,12-16H2,1-2H3,(H,20,21);1H. The minimum absolute atomic E-state index is 0. The van der Waals surface area contributed by atoms with Crippen LogP contribution in [0.25, 0.3) is 5.57 Å². The van der Waals surface area contributed by atoms with Gasteiger partial charge in [0.15, 0.2) is 5.96 Å². The Balaban J connectivity index is 0.00000288. The van der Waals surface area contributed by atoms with Gasteiger partial charge in [-0.1, -0.05) is 36.4 Å². The molecule has 1 aliphatic heterocycles. The van der Waals surface area contributed by atoms with Crippen LogP contribution in [0.4, 0.5) is 0 Å². The van der Waals surface area contributed by atoms with Gasteiger partial charge in [-0.15, -0.1) is 24.0 Å². The molecule has 1 aromatic carbocycles. The number of unbranched alkanes of at least 4 members (excludes halogenated alkanes) is 1. The SMILES string of the molecule is CCNC(=NCCCCSC)N1CC=C(c2ccccc2)CC1.I. The fraction of sp³-hybridized carbons (Fsp3) is 0.526. The molecule has 134 valence electrons. The van der Waals surface area contributed by atoms with E-state index in [1.807, 2.05) is 11.8 Å². The summed E-state index contributed by atoms with van der Waals surface area (Å²) in [5.41, 5.74) is 2.81. The fourth-order valence-corrected chi connectivity index (χ4v) is 3.24. The lowest BCUT2D eigenvalue weighted by Crippen LogP contribution is -2.43. The zero-order valence-corrected chi connectivity index (χ0v) is 18.0. The van der Waals surface area contributed by atoms with E-state index in [4.69, 9.17) is 4.99 Å². The summed E-state index contributed by atoms with van der Waals surface area (Å²) >= 11 is 1.91. The lowest BCUT2D eigenvalue weighted by Gasteiger charge is -2.30. The normalized spacial score (nSPS) is 14.8. The predicted molar refractivity (Wildman–Crippen MR) is 120 cm³/mol. The number of benzene rings is 1. The Morgan fingerprint density at radius 3 is 2.67 bits per heavy atom. The van der Waals surface area contributed by atoms with Crippen LogP contribution in [0.3, 0.4) is 0 Å². The van der Waals surface area contributed by atoms with Crippen molar-refractivity contribution < 1.29 is 0 Å². The van der Waals surface area contributed by atoms with Crippen molar-refractivity contribution in [2.45, 2.75) is 26.2 Å². The van der Waals surface area contributed by atoms with E-state index in [0.29, 0.717) is 0 Å². The topological polar surface area (TPSA) is 27.6 Å². The second-order valence-corrected chi connectivity index (χ2v) is 6.71. The van der Waals surface area contributed by atoms with Gasteiger partial charge in [-0.2, -0.15) is 11.8 Å². The first-order valence-electron chi connectivity index (χ1n) is 8.61. The molecular formula is C19H30IN3S. The highest BCUT2D eigenvalue weighted by Gasteiger charge is 2.15. The lowest BCUT2D eigenvalue weighted by atomic mass is 10.00. The summed E-state index contributed by atoms with van der Waals surface area (Å²) in [6.07, 6.45) is 8.02. The molecule has 0 spiro atoms. The number of halogens is 1. The molecule has 0 atom stereocenters. The number of rotatable bonds is 7. The second kappa shape index (κ2) is 12.6. The van der Waals surface area contributed by atoms with Gasteiger partial charge < -0.3 is 10.2 Å². The highest BCUT2D eigenvalue weighted by atomic mass is 127. The van der Waals surface area contributed by atoms with Crippen molar-refractivity contribution in [3.05, 3.63) is 42.0 Å². The minimum atomic E-state index is 0. The van der Waals surface area contributed by atoms with Crippen molar-refractivity contribution in [1.82, 2.24) is 10.2 Å². The molecule has 0 fully saturated rings. The van der Waals surface area contributed by atoms with Crippen LogP contribution in [0.5, 0.6) is 0 Å². The smallest absolute Gasteiger partial charge is 0.194 e. The molecule has 1 heterocycles. The molecule has 0 radical (unpaired) electrons. The highest BCUT2D eigenvalue weighted by molar-refractivity contribution is 14.0. The Morgan fingerprint density at radius 1 is 1.25 bits per heavy atom. The first-order valence-corrected chi connectivity index (χ1v) is 10.0. The average Bonchev–Trinajstić information content (AvgIpc) is 2.61. The van der Waals surface area contributed by atoms with Crippen LogP contribution >= 0.6 is 35.7 Å². The van der Waals surface area contributed by atoms with Gasteiger partial charge in [0.25, 0.3) is 0 Å². The number of hydrogen-bond donors (Lipinski definition) is 1. The van der Waals surface area contributed by atoms with Crippen molar-refractivity contribution in [2.75, 3.05) is 38.2 Å². The molecule has 3 nitrogen and oxygen atoms in total. The summed E-state index contributed by atoms with van der Waals surface area (Å²) in [5, 5.41) is 3.44. The Hall–Kier alpha value is -0.690. The van der Waals surface area contributed by atoms with Crippen molar-refractivity contribution in [2.24, 2.45) is 4.99 Å². The third-order valence-corrected chi connectivity index (χ3v) is 4.70. The Bertz CT molecular complexity index is 517. The number of hydrogen-bond acceptors (Lipinski definition) is 2. The molecule has 0 saturated heterocycles. The first-order chi connectivity index (χ1) is 11.3. The summed E-state index contributed by atoms with van der Waals surface area (Å²) in [5.74, 6) is 2.30. The molecule has 0 bridgehead atoms. The van der Waals surface area contributed by atoms with E-state index in [1.165, 1.54) is 29.7 Å². The fourth-order valence-electron chi connectivity index (χ4n) is 2.74. The highest BCUT2D eigenvalue weighted by Crippen LogP contribution is 2.21. The molecule has 1 aliphatic rings. The van der Waals surface area contributed by atoms with Crippen LogP contribution < -0.4 is 5.32 Å². The number of nitrogens with zero attached hydrogens (tertiary/aromatic N) is 2. The summed E-state index contributed by atoms with van der Waals surface area (Å²) in [6, 6.07) is 10.7. The second-order valence-electron chi connectivity index (χ2n) is 5.73. The van der Waals surface area contributed by atoms with Crippen LogP contribution in [0, 0.1) is 0 Å². The molecule has 0 amide bonds.